The first kappa shape index (κ1) is 33.2. The van der Waals surface area contributed by atoms with Crippen LogP contribution in [0.1, 0.15) is 54.2 Å². The van der Waals surface area contributed by atoms with Gasteiger partial charge < -0.3 is 20.3 Å². The lowest BCUT2D eigenvalue weighted by Gasteiger charge is -2.13. The summed E-state index contributed by atoms with van der Waals surface area (Å²) in [6.45, 7) is -0.545. The normalized spacial score (nSPS) is 15.0. The van der Waals surface area contributed by atoms with Crippen molar-refractivity contribution in [2.75, 3.05) is 12.8 Å². The van der Waals surface area contributed by atoms with Gasteiger partial charge in [-0.2, -0.15) is 4.55 Å². The van der Waals surface area contributed by atoms with Crippen LogP contribution < -0.4 is 10.1 Å². The Labute approximate surface area is 255 Å². The molecular weight excluding hydrogens is 619 g/mol. The Bertz CT molecular complexity index is 1740. The van der Waals surface area contributed by atoms with Crippen molar-refractivity contribution in [3.8, 4) is 5.75 Å². The number of amides is 1. The molecule has 0 bridgehead atoms. The number of carboxylic acid groups (broad SMARTS) is 1. The Morgan fingerprint density at radius 3 is 2.16 bits per heavy atom. The summed E-state index contributed by atoms with van der Waals surface area (Å²) in [4.78, 5) is 49.5. The van der Waals surface area contributed by atoms with E-state index in [1.807, 2.05) is 6.07 Å². The second kappa shape index (κ2) is 13.1. The van der Waals surface area contributed by atoms with Gasteiger partial charge in [-0.15, -0.1) is 13.2 Å². The fourth-order valence-corrected chi connectivity index (χ4v) is 5.54. The number of hydrogen-bond acceptors (Lipinski definition) is 7. The lowest BCUT2D eigenvalue weighted by Crippen LogP contribution is -2.36. The number of ether oxygens (including phenoxy) is 1. The van der Waals surface area contributed by atoms with E-state index in [-0.39, 0.29) is 22.3 Å². The molecule has 4 N–H and O–H groups in total. The summed E-state index contributed by atoms with van der Waals surface area (Å²) < 4.78 is 64.9. The van der Waals surface area contributed by atoms with Crippen LogP contribution in [-0.4, -0.2) is 63.5 Å². The first-order chi connectivity index (χ1) is 21.0. The summed E-state index contributed by atoms with van der Waals surface area (Å²) in [6, 6.07) is 13.0. The Kier molecular flexibility index (Phi) is 9.71. The maximum atomic E-state index is 13.8. The highest BCUT2D eigenvalue weighted by Crippen LogP contribution is 2.33. The van der Waals surface area contributed by atoms with E-state index < -0.39 is 63.3 Å². The number of aliphatic carboxylic acids is 1. The number of carbonyl (C=O) groups excluding carboxylic acids is 3. The molecule has 10 nitrogen and oxygen atoms in total. The molecular formula is C31H27F3NO9S+. The molecule has 14 heteroatoms. The van der Waals surface area contributed by atoms with Crippen LogP contribution in [0.3, 0.4) is 0 Å². The number of aryl methyl sites for hydroxylation is 2. The minimum Gasteiger partial charge on any atom is -0.479 e. The highest BCUT2D eigenvalue weighted by molar-refractivity contribution is 7.97. The van der Waals surface area contributed by atoms with Crippen molar-refractivity contribution in [3.05, 3.63) is 100 Å². The molecule has 236 valence electrons. The number of allylic oxidation sites excluding steroid dienone is 2. The maximum Gasteiger partial charge on any atom is 0.573 e. The van der Waals surface area contributed by atoms with Crippen molar-refractivity contribution in [1.82, 2.24) is 5.32 Å². The fourth-order valence-electron chi connectivity index (χ4n) is 4.71. The van der Waals surface area contributed by atoms with Crippen molar-refractivity contribution in [2.24, 2.45) is 0 Å². The zero-order valence-electron chi connectivity index (χ0n) is 23.6. The average molecular weight is 647 g/mol. The molecule has 45 heavy (non-hydrogen) atoms. The van der Waals surface area contributed by atoms with Crippen molar-refractivity contribution < 1.29 is 56.1 Å². The molecule has 0 aliphatic heterocycles. The highest BCUT2D eigenvalue weighted by Gasteiger charge is 2.37. The number of carbonyl (C=O) groups is 4. The van der Waals surface area contributed by atoms with E-state index in [0.29, 0.717) is 5.56 Å². The summed E-state index contributed by atoms with van der Waals surface area (Å²) in [5.74, 6) is -4.64. The lowest BCUT2D eigenvalue weighted by molar-refractivity contribution is -0.275. The third-order valence-electron chi connectivity index (χ3n) is 6.94. The zero-order valence-corrected chi connectivity index (χ0v) is 24.4. The summed E-state index contributed by atoms with van der Waals surface area (Å²) in [6.07, 6.45) is -2.69. The molecule has 2 atom stereocenters. The summed E-state index contributed by atoms with van der Waals surface area (Å²) in [7, 11) is -4.02. The number of Topliss-reactive ketones (excluding diaryl/α,β-unsaturated/α-hetero) is 1. The zero-order chi connectivity index (χ0) is 33.1. The molecule has 1 amide bonds. The van der Waals surface area contributed by atoms with Crippen LogP contribution in [0.4, 0.5) is 13.2 Å². The van der Waals surface area contributed by atoms with Gasteiger partial charge in [0, 0.05) is 28.3 Å². The topological polar surface area (TPSA) is 167 Å². The van der Waals surface area contributed by atoms with E-state index in [0.717, 1.165) is 60.9 Å². The number of aliphatic hydroxyl groups is 1. The van der Waals surface area contributed by atoms with Gasteiger partial charge in [-0.1, -0.05) is 34.5 Å². The molecule has 0 saturated heterocycles. The Balaban J connectivity index is 1.70. The average Bonchev–Trinajstić information content (AvgIpc) is 3.45. The highest BCUT2D eigenvalue weighted by atomic mass is 32.3. The van der Waals surface area contributed by atoms with Crippen molar-refractivity contribution in [3.63, 3.8) is 0 Å². The molecule has 0 fully saturated rings. The number of fused-ring (bicyclic) bond motifs is 1. The second-order valence-electron chi connectivity index (χ2n) is 10.2. The third kappa shape index (κ3) is 8.29. The SMILES string of the molecule is C[S+](=O)(O)c1cc(C(=O)/C=C(\C(=O)c2ccc(C(=O)NC[C@@H](O)C(=O)O)cc2)c2ccc3c(c2)CCC3)ccc1OC(F)(F)F. The minimum absolute atomic E-state index is 0.0594. The first-order valence-corrected chi connectivity index (χ1v) is 15.3. The smallest absolute Gasteiger partial charge is 0.479 e. The van der Waals surface area contributed by atoms with Crippen LogP contribution in [0.2, 0.25) is 0 Å². The first-order valence-electron chi connectivity index (χ1n) is 13.4. The molecule has 0 spiro atoms. The Morgan fingerprint density at radius 1 is 0.933 bits per heavy atom. The maximum absolute atomic E-state index is 13.8. The number of hydrogen-bond donors (Lipinski definition) is 4. The largest absolute Gasteiger partial charge is 0.573 e. The molecule has 0 aromatic heterocycles. The van der Waals surface area contributed by atoms with Gasteiger partial charge in [-0.05, 0) is 66.3 Å². The summed E-state index contributed by atoms with van der Waals surface area (Å²) in [5, 5.41) is 20.4. The number of halogens is 3. The fraction of sp³-hybridized carbons (Fsp3) is 0.226. The lowest BCUT2D eigenvalue weighted by atomic mass is 9.92. The molecule has 0 heterocycles. The van der Waals surface area contributed by atoms with Gasteiger partial charge in [-0.25, -0.2) is 4.79 Å². The van der Waals surface area contributed by atoms with E-state index in [2.05, 4.69) is 10.1 Å². The van der Waals surface area contributed by atoms with Crippen LogP contribution in [0.5, 0.6) is 5.75 Å². The van der Waals surface area contributed by atoms with Gasteiger partial charge in [0.2, 0.25) is 15.1 Å². The van der Waals surface area contributed by atoms with E-state index in [1.165, 1.54) is 24.3 Å². The van der Waals surface area contributed by atoms with Crippen LogP contribution in [-0.2, 0) is 32.1 Å². The van der Waals surface area contributed by atoms with E-state index in [9.17, 15) is 46.2 Å². The number of benzene rings is 3. The number of ketones is 2. The van der Waals surface area contributed by atoms with Crippen molar-refractivity contribution >= 4 is 39.2 Å². The summed E-state index contributed by atoms with van der Waals surface area (Å²) >= 11 is 0. The minimum atomic E-state index is -5.16. The predicted octanol–water partition coefficient (Wildman–Crippen LogP) is 4.36. The molecule has 0 radical (unpaired) electrons. The molecule has 1 aliphatic rings. The number of carboxylic acids is 1. The van der Waals surface area contributed by atoms with Crippen LogP contribution >= 0.6 is 0 Å². The van der Waals surface area contributed by atoms with Gasteiger partial charge in [0.05, 0.1) is 6.54 Å². The standard InChI is InChI=1S/C31H26F3NO9S/c1-45(42,43)27-14-22(11-12-26(27)44-31(32,33)34)24(36)15-23(21-10-5-17-3-2-4-20(17)13-21)28(38)18-6-8-19(9-7-18)29(39)35-16-25(37)30(40)41/h5-15,25,37H,2-4,16H2,1H3,(H2-,35,39,40,41,42,43)/p+1/b23-15-/t25-/m1/s1. The molecule has 3 aromatic carbocycles. The number of rotatable bonds is 11. The van der Waals surface area contributed by atoms with E-state index >= 15 is 0 Å². The second-order valence-corrected chi connectivity index (χ2v) is 12.3. The van der Waals surface area contributed by atoms with Crippen LogP contribution in [0.15, 0.2) is 71.6 Å². The van der Waals surface area contributed by atoms with Crippen LogP contribution in [0, 0.1) is 0 Å². The van der Waals surface area contributed by atoms with Gasteiger partial charge in [0.1, 0.15) is 6.26 Å². The molecule has 3 aromatic rings. The molecule has 1 aliphatic carbocycles. The monoisotopic (exact) mass is 646 g/mol. The van der Waals surface area contributed by atoms with E-state index in [4.69, 9.17) is 5.11 Å². The summed E-state index contributed by atoms with van der Waals surface area (Å²) in [5.41, 5.74) is 2.24. The van der Waals surface area contributed by atoms with Crippen LogP contribution in [0.25, 0.3) is 5.57 Å². The molecule has 0 saturated carbocycles. The Morgan fingerprint density at radius 2 is 1.53 bits per heavy atom. The van der Waals surface area contributed by atoms with Crippen molar-refractivity contribution in [1.29, 1.82) is 0 Å². The third-order valence-corrected chi connectivity index (χ3v) is 8.08. The van der Waals surface area contributed by atoms with Gasteiger partial charge in [0.15, 0.2) is 23.4 Å². The number of alkyl halides is 3. The Hall–Kier alpha value is -4.66. The number of aliphatic hydroxyl groups excluding tert-OH is 1. The molecule has 4 rings (SSSR count). The molecule has 1 unspecified atom stereocenters. The van der Waals surface area contributed by atoms with Gasteiger partial charge in [0.25, 0.3) is 5.91 Å². The van der Waals surface area contributed by atoms with E-state index in [1.54, 1.807) is 12.1 Å². The number of nitrogens with one attached hydrogen (secondary N) is 1. The van der Waals surface area contributed by atoms with Gasteiger partial charge >= 0.3 is 12.3 Å². The quantitative estimate of drug-likeness (QED) is 0.134. The van der Waals surface area contributed by atoms with Gasteiger partial charge in [-0.3, -0.25) is 14.4 Å². The van der Waals surface area contributed by atoms with Crippen molar-refractivity contribution in [2.45, 2.75) is 36.6 Å². The predicted molar refractivity (Wildman–Crippen MR) is 156 cm³/mol.